The van der Waals surface area contributed by atoms with Crippen LogP contribution in [0.3, 0.4) is 0 Å². The number of nitrogens with zero attached hydrogens (tertiary/aromatic N) is 2. The Morgan fingerprint density at radius 1 is 1.23 bits per heavy atom. The van der Waals surface area contributed by atoms with Crippen molar-refractivity contribution in [1.82, 2.24) is 4.98 Å². The summed E-state index contributed by atoms with van der Waals surface area (Å²) in [5.74, 6) is -3.98. The minimum atomic E-state index is -5.59. The molecule has 0 spiro atoms. The van der Waals surface area contributed by atoms with Crippen molar-refractivity contribution in [2.45, 2.75) is 17.6 Å². The van der Waals surface area contributed by atoms with E-state index >= 15 is 0 Å². The van der Waals surface area contributed by atoms with Crippen LogP contribution in [0.4, 0.5) is 32.2 Å². The van der Waals surface area contributed by atoms with E-state index in [0.717, 1.165) is 0 Å². The third-order valence-corrected chi connectivity index (χ3v) is 3.06. The van der Waals surface area contributed by atoms with Crippen molar-refractivity contribution in [2.75, 3.05) is 0 Å². The van der Waals surface area contributed by atoms with E-state index in [1.54, 1.807) is 0 Å². The highest BCUT2D eigenvalue weighted by Gasteiger charge is 2.45. The molecule has 0 saturated carbocycles. The maximum Gasteiger partial charge on any atom is 0.573 e. The van der Waals surface area contributed by atoms with Gasteiger partial charge in [-0.15, -0.1) is 13.2 Å². The van der Waals surface area contributed by atoms with Crippen molar-refractivity contribution in [3.8, 4) is 5.75 Å². The van der Waals surface area contributed by atoms with Crippen molar-refractivity contribution >= 4 is 25.6 Å². The first-order chi connectivity index (χ1) is 9.63. The summed E-state index contributed by atoms with van der Waals surface area (Å²) in [7, 11) is -0.465. The van der Waals surface area contributed by atoms with Crippen LogP contribution in [0.25, 0.3) is 0 Å². The van der Waals surface area contributed by atoms with E-state index in [1.807, 2.05) is 0 Å². The summed E-state index contributed by atoms with van der Waals surface area (Å²) in [5.41, 5.74) is -2.24. The van der Waals surface area contributed by atoms with Crippen LogP contribution in [0.5, 0.6) is 5.75 Å². The monoisotopic (exact) mass is 374 g/mol. The molecule has 0 aliphatic rings. The van der Waals surface area contributed by atoms with Gasteiger partial charge in [-0.2, -0.15) is 13.2 Å². The fraction of sp³-hybridized carbons (Fsp3) is 0.286. The molecule has 0 saturated heterocycles. The highest BCUT2D eigenvalue weighted by atomic mass is 35.7. The smallest absolute Gasteiger partial charge is 0.400 e. The lowest BCUT2D eigenvalue weighted by Crippen LogP contribution is -2.21. The molecule has 0 aliphatic carbocycles. The molecule has 0 N–H and O–H groups in total. The fourth-order valence-electron chi connectivity index (χ4n) is 1.19. The number of nitro groups is 1. The Bertz CT molecular complexity index is 715. The average Bonchev–Trinajstić information content (AvgIpc) is 2.22. The molecule has 0 amide bonds. The highest BCUT2D eigenvalue weighted by molar-refractivity contribution is 8.13. The lowest BCUT2D eigenvalue weighted by atomic mass is 10.2. The van der Waals surface area contributed by atoms with Gasteiger partial charge in [-0.3, -0.25) is 0 Å². The Hall–Kier alpha value is -1.83. The number of aromatic nitrogens is 1. The van der Waals surface area contributed by atoms with Gasteiger partial charge in [0.15, 0.2) is 11.3 Å². The molecular formula is C7HClF6N2O5S. The SMILES string of the molecule is O=[N+]([O-])c1nc(S(=O)(=O)Cl)c(OC(F)(F)F)cc1C(F)(F)F. The van der Waals surface area contributed by atoms with E-state index in [2.05, 4.69) is 9.72 Å². The van der Waals surface area contributed by atoms with Crippen LogP contribution in [0.15, 0.2) is 11.1 Å². The maximum absolute atomic E-state index is 12.6. The van der Waals surface area contributed by atoms with Crippen molar-refractivity contribution < 1.29 is 44.4 Å². The molecule has 1 aromatic rings. The Kier molecular flexibility index (Phi) is 4.49. The predicted octanol–water partition coefficient (Wildman–Crippen LogP) is 2.83. The first-order valence-electron chi connectivity index (χ1n) is 4.60. The van der Waals surface area contributed by atoms with Crippen molar-refractivity contribution in [2.24, 2.45) is 0 Å². The molecule has 1 aromatic heterocycles. The largest absolute Gasteiger partial charge is 0.573 e. The van der Waals surface area contributed by atoms with Crippen LogP contribution in [0.1, 0.15) is 5.56 Å². The van der Waals surface area contributed by atoms with Crippen LogP contribution < -0.4 is 4.74 Å². The number of hydrogen-bond donors (Lipinski definition) is 0. The standard InChI is InChI=1S/C7HClF6N2O5S/c8-22(19,20)5-3(21-7(12,13)14)1-2(6(9,10)11)4(15-5)16(17)18/h1H. The van der Waals surface area contributed by atoms with E-state index in [9.17, 15) is 44.9 Å². The molecule has 0 atom stereocenters. The molecule has 0 fully saturated rings. The number of halogens is 7. The Morgan fingerprint density at radius 3 is 2.05 bits per heavy atom. The third-order valence-electron chi connectivity index (χ3n) is 1.87. The molecule has 0 aromatic carbocycles. The molecule has 22 heavy (non-hydrogen) atoms. The van der Waals surface area contributed by atoms with Gasteiger partial charge in [-0.25, -0.2) is 8.42 Å². The highest BCUT2D eigenvalue weighted by Crippen LogP contribution is 2.41. The first-order valence-corrected chi connectivity index (χ1v) is 6.91. The summed E-state index contributed by atoms with van der Waals surface area (Å²) in [6.45, 7) is 0. The number of alkyl halides is 6. The fourth-order valence-corrected chi connectivity index (χ4v) is 2.06. The number of rotatable bonds is 3. The molecule has 1 heterocycles. The van der Waals surface area contributed by atoms with Crippen LogP contribution in [0.2, 0.25) is 0 Å². The molecular weight excluding hydrogens is 374 g/mol. The molecule has 0 radical (unpaired) electrons. The molecule has 15 heteroatoms. The van der Waals surface area contributed by atoms with Crippen LogP contribution in [0, 0.1) is 10.1 Å². The second-order valence-corrected chi connectivity index (χ2v) is 5.88. The average molecular weight is 375 g/mol. The molecule has 0 bridgehead atoms. The summed E-state index contributed by atoms with van der Waals surface area (Å²) >= 11 is 0. The molecule has 7 nitrogen and oxygen atoms in total. The normalized spacial score (nSPS) is 13.0. The molecule has 0 unspecified atom stereocenters. The zero-order valence-corrected chi connectivity index (χ0v) is 11.1. The Morgan fingerprint density at radius 2 is 1.73 bits per heavy atom. The lowest BCUT2D eigenvalue weighted by Gasteiger charge is -2.12. The summed E-state index contributed by atoms with van der Waals surface area (Å²) in [6.07, 6.45) is -11.1. The van der Waals surface area contributed by atoms with Crippen LogP contribution >= 0.6 is 10.7 Å². The van der Waals surface area contributed by atoms with Gasteiger partial charge in [-0.05, 0) is 9.91 Å². The van der Waals surface area contributed by atoms with E-state index in [-0.39, 0.29) is 0 Å². The van der Waals surface area contributed by atoms with Crippen molar-refractivity contribution in [3.05, 3.63) is 21.7 Å². The predicted molar refractivity (Wildman–Crippen MR) is 55.6 cm³/mol. The van der Waals surface area contributed by atoms with Gasteiger partial charge in [0.25, 0.3) is 0 Å². The van der Waals surface area contributed by atoms with Gasteiger partial charge in [0.05, 0.1) is 0 Å². The van der Waals surface area contributed by atoms with Crippen molar-refractivity contribution in [3.63, 3.8) is 0 Å². The van der Waals surface area contributed by atoms with Crippen LogP contribution in [-0.2, 0) is 15.2 Å². The van der Waals surface area contributed by atoms with Gasteiger partial charge in [0, 0.05) is 16.7 Å². The summed E-state index contributed by atoms with van der Waals surface area (Å²) in [4.78, 5) is 11.2. The number of hydrogen-bond acceptors (Lipinski definition) is 6. The lowest BCUT2D eigenvalue weighted by molar-refractivity contribution is -0.393. The second kappa shape index (κ2) is 5.42. The maximum atomic E-state index is 12.6. The van der Waals surface area contributed by atoms with Gasteiger partial charge in [0.2, 0.25) is 0 Å². The summed E-state index contributed by atoms with van der Waals surface area (Å²) in [6, 6.07) is -0.520. The van der Waals surface area contributed by atoms with Crippen molar-refractivity contribution in [1.29, 1.82) is 0 Å². The molecule has 1 rings (SSSR count). The molecule has 0 aliphatic heterocycles. The van der Waals surface area contributed by atoms with E-state index in [1.165, 1.54) is 0 Å². The molecule has 124 valence electrons. The Labute approximate surface area is 121 Å². The second-order valence-electron chi connectivity index (χ2n) is 3.40. The van der Waals surface area contributed by atoms with Gasteiger partial charge >= 0.3 is 32.4 Å². The minimum Gasteiger partial charge on any atom is -0.400 e. The van der Waals surface area contributed by atoms with E-state index in [4.69, 9.17) is 10.7 Å². The van der Waals surface area contributed by atoms with Gasteiger partial charge < -0.3 is 14.9 Å². The first kappa shape index (κ1) is 18.2. The minimum absolute atomic E-state index is 0.520. The quantitative estimate of drug-likeness (QED) is 0.349. The summed E-state index contributed by atoms with van der Waals surface area (Å²) in [5, 5.41) is 8.62. The third kappa shape index (κ3) is 4.33. The van der Waals surface area contributed by atoms with Gasteiger partial charge in [0.1, 0.15) is 0 Å². The van der Waals surface area contributed by atoms with E-state index in [0.29, 0.717) is 0 Å². The van der Waals surface area contributed by atoms with Crippen LogP contribution in [-0.4, -0.2) is 24.7 Å². The summed E-state index contributed by atoms with van der Waals surface area (Å²) < 4.78 is 99.2. The van der Waals surface area contributed by atoms with E-state index < -0.39 is 54.7 Å². The number of ether oxygens (including phenoxy) is 1. The van der Waals surface area contributed by atoms with Gasteiger partial charge in [-0.1, -0.05) is 0 Å². The zero-order valence-electron chi connectivity index (χ0n) is 9.57. The zero-order chi connectivity index (χ0) is 17.5. The number of pyridine rings is 1. The topological polar surface area (TPSA) is 99.4 Å². The Balaban J connectivity index is 3.78.